The predicted molar refractivity (Wildman–Crippen MR) is 67.7 cm³/mol. The molecule has 1 unspecified atom stereocenters. The van der Waals surface area contributed by atoms with E-state index in [4.69, 9.17) is 0 Å². The van der Waals surface area contributed by atoms with Gasteiger partial charge in [-0.25, -0.2) is 0 Å². The number of hydrogen-bond acceptors (Lipinski definition) is 3. The average molecular weight is 286 g/mol. The van der Waals surface area contributed by atoms with Gasteiger partial charge in [-0.2, -0.15) is 13.2 Å². The summed E-state index contributed by atoms with van der Waals surface area (Å²) in [5.41, 5.74) is 0. The van der Waals surface area contributed by atoms with Crippen LogP contribution in [0.5, 0.6) is 0 Å². The molecule has 0 saturated heterocycles. The number of carbonyl (C=O) groups is 1. The maximum atomic E-state index is 11.9. The van der Waals surface area contributed by atoms with Crippen molar-refractivity contribution in [2.75, 3.05) is 12.9 Å². The maximum Gasteiger partial charge on any atom is 0.389 e. The van der Waals surface area contributed by atoms with E-state index in [1.165, 1.54) is 18.9 Å². The molecule has 0 aromatic heterocycles. The molecule has 0 aliphatic carbocycles. The fraction of sp³-hybridized carbons (Fsp3) is 0.917. The van der Waals surface area contributed by atoms with Gasteiger partial charge in [0.25, 0.3) is 0 Å². The predicted octanol–water partition coefficient (Wildman–Crippen LogP) is 4.18. The largest absolute Gasteiger partial charge is 0.468 e. The third-order valence-electron chi connectivity index (χ3n) is 2.44. The molecule has 0 spiro atoms. The average Bonchev–Trinajstić information content (AvgIpc) is 2.29. The number of ether oxygens (including phenoxy) is 1. The van der Waals surface area contributed by atoms with Crippen LogP contribution in [0.2, 0.25) is 0 Å². The summed E-state index contributed by atoms with van der Waals surface area (Å²) in [6, 6.07) is 0. The molecule has 0 saturated carbocycles. The van der Waals surface area contributed by atoms with Gasteiger partial charge < -0.3 is 4.74 Å². The van der Waals surface area contributed by atoms with Gasteiger partial charge in [-0.1, -0.05) is 19.8 Å². The van der Waals surface area contributed by atoms with Gasteiger partial charge in [-0.15, -0.1) is 11.8 Å². The normalized spacial score (nSPS) is 13.4. The van der Waals surface area contributed by atoms with Gasteiger partial charge in [0.1, 0.15) is 5.25 Å². The zero-order valence-corrected chi connectivity index (χ0v) is 11.7. The van der Waals surface area contributed by atoms with E-state index < -0.39 is 12.6 Å². The second-order valence-electron chi connectivity index (χ2n) is 4.10. The number of carbonyl (C=O) groups excluding carboxylic acids is 1. The Morgan fingerprint density at radius 1 is 1.28 bits per heavy atom. The van der Waals surface area contributed by atoms with Crippen LogP contribution < -0.4 is 0 Å². The van der Waals surface area contributed by atoms with Gasteiger partial charge in [0.15, 0.2) is 0 Å². The highest BCUT2D eigenvalue weighted by atomic mass is 32.2. The highest BCUT2D eigenvalue weighted by Crippen LogP contribution is 2.24. The van der Waals surface area contributed by atoms with E-state index in [-0.39, 0.29) is 17.6 Å². The van der Waals surface area contributed by atoms with Crippen molar-refractivity contribution >= 4 is 17.7 Å². The molecule has 18 heavy (non-hydrogen) atoms. The van der Waals surface area contributed by atoms with Gasteiger partial charge in [0.05, 0.1) is 7.11 Å². The standard InChI is InChI=1S/C12H21F3O2S/c1-3-7-10(11(16)17-2)18-9-6-4-5-8-12(13,14)15/h10H,3-9H2,1-2H3. The van der Waals surface area contributed by atoms with Crippen LogP contribution in [0.15, 0.2) is 0 Å². The van der Waals surface area contributed by atoms with E-state index in [9.17, 15) is 18.0 Å². The summed E-state index contributed by atoms with van der Waals surface area (Å²) in [7, 11) is 1.36. The number of esters is 1. The van der Waals surface area contributed by atoms with Crippen LogP contribution >= 0.6 is 11.8 Å². The SMILES string of the molecule is CCCC(SCCCCCC(F)(F)F)C(=O)OC. The van der Waals surface area contributed by atoms with E-state index in [1.54, 1.807) is 0 Å². The third-order valence-corrected chi connectivity index (χ3v) is 3.79. The highest BCUT2D eigenvalue weighted by Gasteiger charge is 2.25. The monoisotopic (exact) mass is 286 g/mol. The van der Waals surface area contributed by atoms with Crippen molar-refractivity contribution in [3.63, 3.8) is 0 Å². The summed E-state index contributed by atoms with van der Waals surface area (Å²) >= 11 is 1.48. The summed E-state index contributed by atoms with van der Waals surface area (Å²) in [6.07, 6.45) is -1.71. The molecule has 1 atom stereocenters. The van der Waals surface area contributed by atoms with Crippen LogP contribution in [0.4, 0.5) is 13.2 Å². The van der Waals surface area contributed by atoms with Crippen molar-refractivity contribution in [2.24, 2.45) is 0 Å². The summed E-state index contributed by atoms with van der Waals surface area (Å²) in [6.45, 7) is 1.99. The fourth-order valence-electron chi connectivity index (χ4n) is 1.49. The van der Waals surface area contributed by atoms with Crippen LogP contribution in [-0.4, -0.2) is 30.3 Å². The summed E-state index contributed by atoms with van der Waals surface area (Å²) in [5.74, 6) is 0.467. The topological polar surface area (TPSA) is 26.3 Å². The molecular formula is C12H21F3O2S. The first kappa shape index (κ1) is 17.6. The van der Waals surface area contributed by atoms with Crippen molar-refractivity contribution in [3.05, 3.63) is 0 Å². The van der Waals surface area contributed by atoms with Gasteiger partial charge in [0, 0.05) is 6.42 Å². The maximum absolute atomic E-state index is 11.9. The summed E-state index contributed by atoms with van der Waals surface area (Å²) in [5, 5.41) is -0.178. The smallest absolute Gasteiger partial charge is 0.389 e. The zero-order chi connectivity index (χ0) is 14.0. The fourth-order valence-corrected chi connectivity index (χ4v) is 2.78. The lowest BCUT2D eigenvalue weighted by Gasteiger charge is -2.13. The number of hydrogen-bond donors (Lipinski definition) is 0. The Morgan fingerprint density at radius 2 is 1.94 bits per heavy atom. The second-order valence-corrected chi connectivity index (χ2v) is 5.41. The first-order chi connectivity index (χ1) is 8.40. The summed E-state index contributed by atoms with van der Waals surface area (Å²) in [4.78, 5) is 11.4. The molecule has 0 radical (unpaired) electrons. The Hall–Kier alpha value is -0.390. The van der Waals surface area contributed by atoms with Crippen LogP contribution in [0.3, 0.4) is 0 Å². The van der Waals surface area contributed by atoms with Crippen LogP contribution in [0.1, 0.15) is 45.4 Å². The Balaban J connectivity index is 3.64. The van der Waals surface area contributed by atoms with Crippen molar-refractivity contribution < 1.29 is 22.7 Å². The molecule has 0 heterocycles. The van der Waals surface area contributed by atoms with Crippen LogP contribution in [0.25, 0.3) is 0 Å². The molecule has 2 nitrogen and oxygen atoms in total. The van der Waals surface area contributed by atoms with E-state index in [2.05, 4.69) is 4.74 Å². The quantitative estimate of drug-likeness (QED) is 0.470. The minimum Gasteiger partial charge on any atom is -0.468 e. The van der Waals surface area contributed by atoms with E-state index >= 15 is 0 Å². The molecule has 6 heteroatoms. The molecular weight excluding hydrogens is 265 g/mol. The highest BCUT2D eigenvalue weighted by molar-refractivity contribution is 8.00. The van der Waals surface area contributed by atoms with E-state index in [1.807, 2.05) is 6.92 Å². The zero-order valence-electron chi connectivity index (χ0n) is 10.9. The molecule has 0 amide bonds. The third kappa shape index (κ3) is 9.62. The minimum atomic E-state index is -4.05. The lowest BCUT2D eigenvalue weighted by atomic mass is 10.2. The second kappa shape index (κ2) is 9.53. The van der Waals surface area contributed by atoms with Crippen LogP contribution in [0, 0.1) is 0 Å². The number of thioether (sulfide) groups is 1. The van der Waals surface area contributed by atoms with Gasteiger partial charge in [-0.05, 0) is 25.0 Å². The van der Waals surface area contributed by atoms with Gasteiger partial charge in [-0.3, -0.25) is 4.79 Å². The molecule has 0 rings (SSSR count). The van der Waals surface area contributed by atoms with Crippen molar-refractivity contribution in [1.82, 2.24) is 0 Å². The van der Waals surface area contributed by atoms with Crippen molar-refractivity contribution in [1.29, 1.82) is 0 Å². The number of methoxy groups -OCH3 is 1. The van der Waals surface area contributed by atoms with Gasteiger partial charge in [0.2, 0.25) is 0 Å². The lowest BCUT2D eigenvalue weighted by molar-refractivity contribution is -0.140. The number of unbranched alkanes of at least 4 members (excludes halogenated alkanes) is 2. The van der Waals surface area contributed by atoms with E-state index in [0.29, 0.717) is 18.6 Å². The number of rotatable bonds is 9. The number of alkyl halides is 3. The lowest BCUT2D eigenvalue weighted by Crippen LogP contribution is -2.19. The molecule has 0 aliphatic heterocycles. The first-order valence-corrected chi connectivity index (χ1v) is 7.21. The molecule has 0 N–H and O–H groups in total. The molecule has 0 fully saturated rings. The Morgan fingerprint density at radius 3 is 2.44 bits per heavy atom. The Kier molecular flexibility index (Phi) is 9.32. The molecule has 0 aliphatic rings. The number of halogens is 3. The Bertz CT molecular complexity index is 232. The van der Waals surface area contributed by atoms with Crippen molar-refractivity contribution in [3.8, 4) is 0 Å². The van der Waals surface area contributed by atoms with E-state index in [0.717, 1.165) is 12.8 Å². The minimum absolute atomic E-state index is 0.167. The molecule has 0 aromatic rings. The molecule has 0 bridgehead atoms. The Labute approximate surface area is 111 Å². The van der Waals surface area contributed by atoms with Crippen molar-refractivity contribution in [2.45, 2.75) is 56.9 Å². The molecule has 108 valence electrons. The van der Waals surface area contributed by atoms with Crippen LogP contribution in [-0.2, 0) is 9.53 Å². The molecule has 0 aromatic carbocycles. The summed E-state index contributed by atoms with van der Waals surface area (Å²) < 4.78 is 40.3. The van der Waals surface area contributed by atoms with Gasteiger partial charge >= 0.3 is 12.1 Å². The first-order valence-electron chi connectivity index (χ1n) is 6.17.